The highest BCUT2D eigenvalue weighted by molar-refractivity contribution is 6.05. The van der Waals surface area contributed by atoms with Gasteiger partial charge in [-0.25, -0.2) is 9.67 Å². The molecule has 0 spiro atoms. The average molecular weight is 442 g/mol. The number of anilines is 1. The van der Waals surface area contributed by atoms with Crippen molar-refractivity contribution in [2.75, 3.05) is 11.9 Å². The molecule has 3 rings (SSSR count). The van der Waals surface area contributed by atoms with Crippen LogP contribution in [0, 0.1) is 0 Å². The van der Waals surface area contributed by atoms with Crippen molar-refractivity contribution in [1.82, 2.24) is 14.8 Å². The lowest BCUT2D eigenvalue weighted by Crippen LogP contribution is -2.16. The minimum Gasteiger partial charge on any atom is -0.490 e. The van der Waals surface area contributed by atoms with Gasteiger partial charge in [-0.05, 0) is 43.3 Å². The van der Waals surface area contributed by atoms with E-state index in [4.69, 9.17) is 4.74 Å². The number of nitrogens with zero attached hydrogens (tertiary/aromatic N) is 3. The van der Waals surface area contributed by atoms with Crippen LogP contribution in [-0.2, 0) is 6.18 Å². The third-order valence-electron chi connectivity index (χ3n) is 3.96. The molecule has 0 unspecified atom stereocenters. The third kappa shape index (κ3) is 5.27. The van der Waals surface area contributed by atoms with Gasteiger partial charge < -0.3 is 14.8 Å². The number of alkyl halides is 5. The minimum atomic E-state index is -4.64. The van der Waals surface area contributed by atoms with Crippen molar-refractivity contribution in [2.45, 2.75) is 19.7 Å². The van der Waals surface area contributed by atoms with E-state index in [9.17, 15) is 26.7 Å². The molecule has 1 amide bonds. The highest BCUT2D eigenvalue weighted by Crippen LogP contribution is 2.34. The zero-order chi connectivity index (χ0) is 22.6. The second kappa shape index (κ2) is 8.98. The number of ether oxygens (including phenoxy) is 2. The van der Waals surface area contributed by atoms with E-state index in [1.54, 1.807) is 6.92 Å². The van der Waals surface area contributed by atoms with Crippen molar-refractivity contribution in [3.8, 4) is 17.2 Å². The van der Waals surface area contributed by atoms with Crippen LogP contribution in [0.3, 0.4) is 0 Å². The molecule has 0 bridgehead atoms. The number of hydrogen-bond acceptors (Lipinski definition) is 5. The zero-order valence-electron chi connectivity index (χ0n) is 15.9. The number of rotatable bonds is 7. The first-order chi connectivity index (χ1) is 14.7. The van der Waals surface area contributed by atoms with E-state index in [2.05, 4.69) is 20.1 Å². The van der Waals surface area contributed by atoms with Crippen molar-refractivity contribution in [3.63, 3.8) is 0 Å². The quantitative estimate of drug-likeness (QED) is 0.544. The Bertz CT molecular complexity index is 1060. The molecule has 1 N–H and O–H groups in total. The van der Waals surface area contributed by atoms with Gasteiger partial charge in [0.1, 0.15) is 12.7 Å². The summed E-state index contributed by atoms with van der Waals surface area (Å²) in [6.07, 6.45) is -2.21. The number of nitrogens with one attached hydrogen (secondary N) is 1. The molecule has 31 heavy (non-hydrogen) atoms. The van der Waals surface area contributed by atoms with Crippen LogP contribution in [0.4, 0.5) is 27.6 Å². The third-order valence-corrected chi connectivity index (χ3v) is 3.96. The Balaban J connectivity index is 1.96. The molecule has 0 aliphatic carbocycles. The first-order valence-corrected chi connectivity index (χ1v) is 8.78. The zero-order valence-corrected chi connectivity index (χ0v) is 15.9. The Morgan fingerprint density at radius 3 is 2.55 bits per heavy atom. The van der Waals surface area contributed by atoms with Crippen LogP contribution >= 0.6 is 0 Å². The largest absolute Gasteiger partial charge is 0.490 e. The highest BCUT2D eigenvalue weighted by Gasteiger charge is 2.31. The maximum atomic E-state index is 13.1. The van der Waals surface area contributed by atoms with Gasteiger partial charge in [0.2, 0.25) is 0 Å². The van der Waals surface area contributed by atoms with Gasteiger partial charge in [-0.2, -0.15) is 27.1 Å². The van der Waals surface area contributed by atoms with Gasteiger partial charge in [0.15, 0.2) is 11.5 Å². The number of benzene rings is 2. The molecular weight excluding hydrogens is 427 g/mol. The highest BCUT2D eigenvalue weighted by atomic mass is 19.4. The standard InChI is InChI=1S/C19H15F5N4O3/c1-2-30-16-7-11(3-6-15(16)31-18(20)21)17(29)27-13-8-12(19(22,23)24)4-5-14(13)28-10-25-9-26-28/h3-10,18H,2H2,1H3,(H,27,29). The van der Waals surface area contributed by atoms with Crippen LogP contribution in [0.2, 0.25) is 0 Å². The molecule has 0 aliphatic heterocycles. The minimum absolute atomic E-state index is 0.0491. The molecule has 7 nitrogen and oxygen atoms in total. The first kappa shape index (κ1) is 22.0. The van der Waals surface area contributed by atoms with Crippen LogP contribution in [-0.4, -0.2) is 33.9 Å². The average Bonchev–Trinajstić information content (AvgIpc) is 3.23. The van der Waals surface area contributed by atoms with Gasteiger partial charge in [-0.3, -0.25) is 4.79 Å². The molecule has 0 radical (unpaired) electrons. The second-order valence-corrected chi connectivity index (χ2v) is 6.00. The topological polar surface area (TPSA) is 78.3 Å². The molecule has 0 saturated carbocycles. The Hall–Kier alpha value is -3.70. The number of hydrogen-bond donors (Lipinski definition) is 1. The fourth-order valence-electron chi connectivity index (χ4n) is 2.65. The maximum absolute atomic E-state index is 13.1. The van der Waals surface area contributed by atoms with Crippen molar-refractivity contribution in [2.24, 2.45) is 0 Å². The van der Waals surface area contributed by atoms with Gasteiger partial charge in [-0.1, -0.05) is 0 Å². The lowest BCUT2D eigenvalue weighted by Gasteiger charge is -2.15. The lowest BCUT2D eigenvalue weighted by atomic mass is 10.1. The molecule has 1 heterocycles. The SMILES string of the molecule is CCOc1cc(C(=O)Nc2cc(C(F)(F)F)ccc2-n2cncn2)ccc1OC(F)F. The van der Waals surface area contributed by atoms with E-state index in [1.165, 1.54) is 23.4 Å². The van der Waals surface area contributed by atoms with Gasteiger partial charge >= 0.3 is 12.8 Å². The Morgan fingerprint density at radius 2 is 1.94 bits per heavy atom. The Kier molecular flexibility index (Phi) is 6.37. The summed E-state index contributed by atoms with van der Waals surface area (Å²) in [5, 5.41) is 6.25. The normalized spacial score (nSPS) is 11.5. The number of aromatic nitrogens is 3. The number of carbonyl (C=O) groups excluding carboxylic acids is 1. The molecule has 0 aliphatic rings. The number of carbonyl (C=O) groups is 1. The van der Waals surface area contributed by atoms with Crippen molar-refractivity contribution >= 4 is 11.6 Å². The molecule has 12 heteroatoms. The summed E-state index contributed by atoms with van der Waals surface area (Å²) in [4.78, 5) is 16.4. The summed E-state index contributed by atoms with van der Waals surface area (Å²) < 4.78 is 75.3. The summed E-state index contributed by atoms with van der Waals surface area (Å²) in [6.45, 7) is -1.39. The predicted molar refractivity (Wildman–Crippen MR) is 98.6 cm³/mol. The van der Waals surface area contributed by atoms with Crippen LogP contribution in [0.25, 0.3) is 5.69 Å². The van der Waals surface area contributed by atoms with Crippen molar-refractivity contribution < 1.29 is 36.2 Å². The lowest BCUT2D eigenvalue weighted by molar-refractivity contribution is -0.137. The van der Waals surface area contributed by atoms with Gasteiger partial charge in [0.05, 0.1) is 23.5 Å². The van der Waals surface area contributed by atoms with E-state index in [1.807, 2.05) is 0 Å². The van der Waals surface area contributed by atoms with E-state index < -0.39 is 24.3 Å². The van der Waals surface area contributed by atoms with Gasteiger partial charge in [0, 0.05) is 5.56 Å². The smallest absolute Gasteiger partial charge is 0.416 e. The molecule has 164 valence electrons. The molecule has 0 fully saturated rings. The fourth-order valence-corrected chi connectivity index (χ4v) is 2.65. The molecule has 0 saturated heterocycles. The van der Waals surface area contributed by atoms with Gasteiger partial charge in [-0.15, -0.1) is 0 Å². The van der Waals surface area contributed by atoms with Crippen LogP contribution in [0.15, 0.2) is 49.1 Å². The van der Waals surface area contributed by atoms with Crippen LogP contribution in [0.1, 0.15) is 22.8 Å². The summed E-state index contributed by atoms with van der Waals surface area (Å²) in [5.74, 6) is -1.20. The summed E-state index contributed by atoms with van der Waals surface area (Å²) in [7, 11) is 0. The Morgan fingerprint density at radius 1 is 1.16 bits per heavy atom. The van der Waals surface area contributed by atoms with Crippen LogP contribution < -0.4 is 14.8 Å². The van der Waals surface area contributed by atoms with Crippen molar-refractivity contribution in [1.29, 1.82) is 0 Å². The fraction of sp³-hybridized carbons (Fsp3) is 0.211. The predicted octanol–water partition coefficient (Wildman–Crippen LogP) is 4.54. The van der Waals surface area contributed by atoms with E-state index in [0.717, 1.165) is 30.3 Å². The van der Waals surface area contributed by atoms with Crippen LogP contribution in [0.5, 0.6) is 11.5 Å². The summed E-state index contributed by atoms with van der Waals surface area (Å²) in [6, 6.07) is 6.18. The maximum Gasteiger partial charge on any atom is 0.416 e. The molecular formula is C19H15F5N4O3. The van der Waals surface area contributed by atoms with Gasteiger partial charge in [0.25, 0.3) is 5.91 Å². The van der Waals surface area contributed by atoms with E-state index in [-0.39, 0.29) is 35.0 Å². The monoisotopic (exact) mass is 442 g/mol. The summed E-state index contributed by atoms with van der Waals surface area (Å²) >= 11 is 0. The molecule has 2 aromatic carbocycles. The second-order valence-electron chi connectivity index (χ2n) is 6.00. The number of halogens is 5. The molecule has 3 aromatic rings. The molecule has 1 aromatic heterocycles. The molecule has 0 atom stereocenters. The first-order valence-electron chi connectivity index (χ1n) is 8.78. The van der Waals surface area contributed by atoms with E-state index >= 15 is 0 Å². The number of amides is 1. The summed E-state index contributed by atoms with van der Waals surface area (Å²) in [5.41, 5.74) is -1.08. The Labute approximate surface area is 172 Å². The van der Waals surface area contributed by atoms with Crippen molar-refractivity contribution in [3.05, 3.63) is 60.2 Å². The van der Waals surface area contributed by atoms with E-state index in [0.29, 0.717) is 0 Å².